The number of sulfonamides is 1. The monoisotopic (exact) mass is 499 g/mol. The molecule has 1 aliphatic rings. The molecule has 4 rings (SSSR count). The van der Waals surface area contributed by atoms with E-state index in [1.807, 2.05) is 37.3 Å². The minimum absolute atomic E-state index is 0.106. The van der Waals surface area contributed by atoms with Crippen LogP contribution in [0.25, 0.3) is 0 Å². The number of aromatic nitrogens is 1. The fraction of sp³-hybridized carbons (Fsp3) is 0.292. The standard InChI is InChI=1S/C24H25N3O5S2/c1-17-10-12-21(13-11-17)34(30,31)26-14-6-9-22(26)23(29)32-15-19-16-33-24(25-19)27(18(2)28)20-7-4-3-5-8-20/h3-5,7-8,10-13,16,22H,6,9,14-15H2,1-2H3. The zero-order valence-electron chi connectivity index (χ0n) is 18.9. The van der Waals surface area contributed by atoms with Gasteiger partial charge in [0, 0.05) is 18.8 Å². The SMILES string of the molecule is CC(=O)N(c1ccccc1)c1nc(COC(=O)C2CCCN2S(=O)(=O)c2ccc(C)cc2)cs1. The first-order valence-corrected chi connectivity index (χ1v) is 13.1. The van der Waals surface area contributed by atoms with Gasteiger partial charge < -0.3 is 4.74 Å². The molecular weight excluding hydrogens is 474 g/mol. The van der Waals surface area contributed by atoms with Crippen LogP contribution in [-0.2, 0) is 31.0 Å². The molecule has 178 valence electrons. The van der Waals surface area contributed by atoms with Crippen molar-refractivity contribution in [1.29, 1.82) is 0 Å². The fourth-order valence-electron chi connectivity index (χ4n) is 3.82. The minimum atomic E-state index is -3.81. The summed E-state index contributed by atoms with van der Waals surface area (Å²) in [6.07, 6.45) is 0.981. The number of para-hydroxylation sites is 1. The van der Waals surface area contributed by atoms with Crippen LogP contribution in [-0.4, -0.2) is 42.2 Å². The van der Waals surface area contributed by atoms with Crippen molar-refractivity contribution < 1.29 is 22.7 Å². The Bertz CT molecular complexity index is 1270. The van der Waals surface area contributed by atoms with E-state index in [1.54, 1.807) is 29.6 Å². The highest BCUT2D eigenvalue weighted by Crippen LogP contribution is 2.30. The quantitative estimate of drug-likeness (QED) is 0.455. The second kappa shape index (κ2) is 10.0. The maximum absolute atomic E-state index is 13.1. The molecular formula is C24H25N3O5S2. The summed E-state index contributed by atoms with van der Waals surface area (Å²) in [7, 11) is -3.81. The number of rotatable bonds is 7. The first kappa shape index (κ1) is 24.1. The Kier molecular flexibility index (Phi) is 7.11. The van der Waals surface area contributed by atoms with E-state index in [1.165, 1.54) is 27.5 Å². The molecule has 0 bridgehead atoms. The summed E-state index contributed by atoms with van der Waals surface area (Å²) in [5.74, 6) is -0.791. The van der Waals surface area contributed by atoms with Crippen molar-refractivity contribution in [3.63, 3.8) is 0 Å². The molecule has 0 N–H and O–H groups in total. The molecule has 34 heavy (non-hydrogen) atoms. The van der Waals surface area contributed by atoms with E-state index in [2.05, 4.69) is 4.98 Å². The van der Waals surface area contributed by atoms with E-state index >= 15 is 0 Å². The average Bonchev–Trinajstić information content (AvgIpc) is 3.49. The molecule has 0 aliphatic carbocycles. The van der Waals surface area contributed by atoms with Crippen molar-refractivity contribution in [2.75, 3.05) is 11.4 Å². The Morgan fingerprint density at radius 3 is 2.53 bits per heavy atom. The first-order valence-electron chi connectivity index (χ1n) is 10.8. The highest BCUT2D eigenvalue weighted by Gasteiger charge is 2.40. The van der Waals surface area contributed by atoms with Crippen molar-refractivity contribution in [2.45, 2.75) is 44.2 Å². The van der Waals surface area contributed by atoms with Crippen LogP contribution >= 0.6 is 11.3 Å². The van der Waals surface area contributed by atoms with Crippen molar-refractivity contribution in [3.8, 4) is 0 Å². The highest BCUT2D eigenvalue weighted by molar-refractivity contribution is 7.89. The van der Waals surface area contributed by atoms with Crippen LogP contribution in [0.3, 0.4) is 0 Å². The molecule has 0 saturated carbocycles. The van der Waals surface area contributed by atoms with Gasteiger partial charge in [-0.05, 0) is 44.0 Å². The van der Waals surface area contributed by atoms with Gasteiger partial charge in [0.1, 0.15) is 12.6 Å². The number of carbonyl (C=O) groups excluding carboxylic acids is 2. The van der Waals surface area contributed by atoms with Crippen LogP contribution in [0.5, 0.6) is 0 Å². The van der Waals surface area contributed by atoms with E-state index in [0.29, 0.717) is 29.4 Å². The molecule has 8 nitrogen and oxygen atoms in total. The maximum atomic E-state index is 13.1. The van der Waals surface area contributed by atoms with Gasteiger partial charge in [-0.2, -0.15) is 4.31 Å². The smallest absolute Gasteiger partial charge is 0.324 e. The molecule has 1 saturated heterocycles. The van der Waals surface area contributed by atoms with Crippen molar-refractivity contribution in [2.24, 2.45) is 0 Å². The Hall–Kier alpha value is -3.08. The Morgan fingerprint density at radius 2 is 1.85 bits per heavy atom. The number of amides is 1. The Morgan fingerprint density at radius 1 is 1.15 bits per heavy atom. The number of aryl methyl sites for hydroxylation is 1. The van der Waals surface area contributed by atoms with Crippen molar-refractivity contribution >= 4 is 44.1 Å². The van der Waals surface area contributed by atoms with Gasteiger partial charge in [0.05, 0.1) is 16.3 Å². The van der Waals surface area contributed by atoms with Gasteiger partial charge in [-0.15, -0.1) is 11.3 Å². The average molecular weight is 500 g/mol. The number of carbonyl (C=O) groups is 2. The molecule has 0 radical (unpaired) electrons. The van der Waals surface area contributed by atoms with Crippen molar-refractivity contribution in [1.82, 2.24) is 9.29 Å². The normalized spacial score (nSPS) is 16.4. The fourth-order valence-corrected chi connectivity index (χ4v) is 6.34. The number of thiazole rings is 1. The van der Waals surface area contributed by atoms with Gasteiger partial charge in [0.15, 0.2) is 5.13 Å². The van der Waals surface area contributed by atoms with Gasteiger partial charge in [0.25, 0.3) is 0 Å². The molecule has 1 aliphatic heterocycles. The lowest BCUT2D eigenvalue weighted by molar-refractivity contribution is -0.148. The molecule has 0 spiro atoms. The van der Waals surface area contributed by atoms with Gasteiger partial charge in [-0.1, -0.05) is 35.9 Å². The molecule has 1 aromatic heterocycles. The molecule has 10 heteroatoms. The lowest BCUT2D eigenvalue weighted by Gasteiger charge is -2.22. The molecule has 2 aromatic carbocycles. The zero-order chi connectivity index (χ0) is 24.3. The molecule has 1 atom stereocenters. The van der Waals surface area contributed by atoms with Gasteiger partial charge >= 0.3 is 5.97 Å². The van der Waals surface area contributed by atoms with E-state index < -0.39 is 22.0 Å². The summed E-state index contributed by atoms with van der Waals surface area (Å²) < 4.78 is 32.8. The number of anilines is 2. The number of benzene rings is 2. The summed E-state index contributed by atoms with van der Waals surface area (Å²) in [6, 6.07) is 14.8. The van der Waals surface area contributed by atoms with Gasteiger partial charge in [-0.3, -0.25) is 14.5 Å². The van der Waals surface area contributed by atoms with Crippen LogP contribution in [0.1, 0.15) is 31.0 Å². The maximum Gasteiger partial charge on any atom is 0.324 e. The number of hydrogen-bond donors (Lipinski definition) is 0. The second-order valence-corrected chi connectivity index (χ2v) is 10.7. The summed E-state index contributed by atoms with van der Waals surface area (Å²) in [5.41, 5.74) is 2.13. The summed E-state index contributed by atoms with van der Waals surface area (Å²) in [6.45, 7) is 3.50. The number of nitrogens with zero attached hydrogens (tertiary/aromatic N) is 3. The van der Waals surface area contributed by atoms with Crippen LogP contribution in [0.15, 0.2) is 64.9 Å². The topological polar surface area (TPSA) is 96.9 Å². The third-order valence-corrected chi connectivity index (χ3v) is 8.32. The zero-order valence-corrected chi connectivity index (χ0v) is 20.5. The predicted octanol–water partition coefficient (Wildman–Crippen LogP) is 4.03. The minimum Gasteiger partial charge on any atom is -0.458 e. The second-order valence-electron chi connectivity index (χ2n) is 8.01. The van der Waals surface area contributed by atoms with Crippen LogP contribution in [0.4, 0.5) is 10.8 Å². The number of ether oxygens (including phenoxy) is 1. The molecule has 1 unspecified atom stereocenters. The van der Waals surface area contributed by atoms with E-state index in [0.717, 1.165) is 5.56 Å². The molecule has 1 fully saturated rings. The lowest BCUT2D eigenvalue weighted by atomic mass is 10.2. The highest BCUT2D eigenvalue weighted by atomic mass is 32.2. The van der Waals surface area contributed by atoms with Crippen LogP contribution in [0.2, 0.25) is 0 Å². The van der Waals surface area contributed by atoms with E-state index in [-0.39, 0.29) is 24.0 Å². The van der Waals surface area contributed by atoms with E-state index in [9.17, 15) is 18.0 Å². The predicted molar refractivity (Wildman–Crippen MR) is 129 cm³/mol. The van der Waals surface area contributed by atoms with Crippen LogP contribution < -0.4 is 4.90 Å². The van der Waals surface area contributed by atoms with Gasteiger partial charge in [0.2, 0.25) is 15.9 Å². The summed E-state index contributed by atoms with van der Waals surface area (Å²) in [5, 5.41) is 2.19. The largest absolute Gasteiger partial charge is 0.458 e. The van der Waals surface area contributed by atoms with Crippen molar-refractivity contribution in [3.05, 3.63) is 71.2 Å². The molecule has 1 amide bonds. The number of esters is 1. The third-order valence-electron chi connectivity index (χ3n) is 5.53. The summed E-state index contributed by atoms with van der Waals surface area (Å²) in [4.78, 5) is 31.1. The Balaban J connectivity index is 1.44. The molecule has 2 heterocycles. The third kappa shape index (κ3) is 5.03. The van der Waals surface area contributed by atoms with Crippen LogP contribution in [0, 0.1) is 6.92 Å². The first-order chi connectivity index (χ1) is 16.3. The lowest BCUT2D eigenvalue weighted by Crippen LogP contribution is -2.41. The van der Waals surface area contributed by atoms with Gasteiger partial charge in [-0.25, -0.2) is 13.4 Å². The Labute approximate surface area is 202 Å². The summed E-state index contributed by atoms with van der Waals surface area (Å²) >= 11 is 1.26. The number of hydrogen-bond acceptors (Lipinski definition) is 7. The molecule has 3 aromatic rings. The van der Waals surface area contributed by atoms with E-state index in [4.69, 9.17) is 4.74 Å².